The molecule has 0 amide bonds. The lowest BCUT2D eigenvalue weighted by molar-refractivity contribution is 0.371. The Morgan fingerprint density at radius 2 is 2.00 bits per heavy atom. The van der Waals surface area contributed by atoms with Crippen LogP contribution in [0, 0.1) is 11.6 Å². The summed E-state index contributed by atoms with van der Waals surface area (Å²) >= 11 is 0. The summed E-state index contributed by atoms with van der Waals surface area (Å²) in [5.74, 6) is -2.23. The average Bonchev–Trinajstić information content (AvgIpc) is 3.45. The largest absolute Gasteiger partial charge is 0.494 e. The van der Waals surface area contributed by atoms with E-state index in [4.69, 9.17) is 10.5 Å². The van der Waals surface area contributed by atoms with Gasteiger partial charge >= 0.3 is 0 Å². The second kappa shape index (κ2) is 9.14. The van der Waals surface area contributed by atoms with Crippen LogP contribution in [0.3, 0.4) is 0 Å². The van der Waals surface area contributed by atoms with Gasteiger partial charge in [-0.1, -0.05) is 0 Å². The summed E-state index contributed by atoms with van der Waals surface area (Å²) in [6, 6.07) is 4.72. The zero-order valence-corrected chi connectivity index (χ0v) is 18.4. The van der Waals surface area contributed by atoms with Crippen LogP contribution >= 0.6 is 0 Å². The van der Waals surface area contributed by atoms with E-state index in [2.05, 4.69) is 30.9 Å². The Labute approximate surface area is 193 Å². The van der Waals surface area contributed by atoms with Crippen molar-refractivity contribution in [1.82, 2.24) is 40.3 Å². The molecule has 1 saturated heterocycles. The molecular formula is C22H23F2N9O. The molecular weight excluding hydrogens is 444 g/mol. The van der Waals surface area contributed by atoms with Crippen molar-refractivity contribution < 1.29 is 13.5 Å². The van der Waals surface area contributed by atoms with Gasteiger partial charge in [0.05, 0.1) is 24.9 Å². The van der Waals surface area contributed by atoms with Crippen molar-refractivity contribution in [2.45, 2.75) is 25.3 Å². The van der Waals surface area contributed by atoms with E-state index >= 15 is 0 Å². The monoisotopic (exact) mass is 467 g/mol. The SMILES string of the molecule is COc1ccc(-n2nnnc2-c2cc(-c3cnn(C4CCCNCC4)c3)cnc2N)c(F)c1F. The number of tetrazole rings is 1. The number of hydrogen-bond donors (Lipinski definition) is 2. The third-order valence-electron chi connectivity index (χ3n) is 5.96. The predicted octanol–water partition coefficient (Wildman–Crippen LogP) is 2.77. The van der Waals surface area contributed by atoms with E-state index in [0.29, 0.717) is 11.6 Å². The third-order valence-corrected chi connectivity index (χ3v) is 5.96. The zero-order valence-electron chi connectivity index (χ0n) is 18.4. The highest BCUT2D eigenvalue weighted by Crippen LogP contribution is 2.32. The number of aromatic nitrogens is 7. The number of nitrogens with two attached hydrogens (primary N) is 1. The Bertz CT molecular complexity index is 1310. The Morgan fingerprint density at radius 3 is 2.85 bits per heavy atom. The van der Waals surface area contributed by atoms with Gasteiger partial charge in [-0.05, 0) is 61.0 Å². The molecule has 34 heavy (non-hydrogen) atoms. The zero-order chi connectivity index (χ0) is 23.7. The molecule has 1 aliphatic rings. The molecule has 1 fully saturated rings. The molecule has 0 spiro atoms. The van der Waals surface area contributed by atoms with E-state index in [-0.39, 0.29) is 23.1 Å². The molecule has 176 valence electrons. The Kier molecular flexibility index (Phi) is 5.88. The lowest BCUT2D eigenvalue weighted by Gasteiger charge is -2.13. The molecule has 5 rings (SSSR count). The number of nitrogens with zero attached hydrogens (tertiary/aromatic N) is 7. The first-order chi connectivity index (χ1) is 16.6. The van der Waals surface area contributed by atoms with E-state index in [1.165, 1.54) is 19.2 Å². The molecule has 0 aliphatic carbocycles. The minimum atomic E-state index is -1.14. The number of nitrogens with one attached hydrogen (secondary N) is 1. The van der Waals surface area contributed by atoms with Crippen LogP contribution in [0.2, 0.25) is 0 Å². The molecule has 0 saturated carbocycles. The van der Waals surface area contributed by atoms with Gasteiger partial charge in [0.15, 0.2) is 17.4 Å². The summed E-state index contributed by atoms with van der Waals surface area (Å²) in [6.07, 6.45) is 8.55. The van der Waals surface area contributed by atoms with Crippen molar-refractivity contribution >= 4 is 5.82 Å². The Morgan fingerprint density at radius 1 is 1.12 bits per heavy atom. The van der Waals surface area contributed by atoms with Gasteiger partial charge in [-0.3, -0.25) is 4.68 Å². The van der Waals surface area contributed by atoms with Crippen LogP contribution in [0.5, 0.6) is 5.75 Å². The number of rotatable bonds is 5. The third kappa shape index (κ3) is 3.96. The van der Waals surface area contributed by atoms with Crippen molar-refractivity contribution in [3.63, 3.8) is 0 Å². The smallest absolute Gasteiger partial charge is 0.202 e. The number of hydrogen-bond acceptors (Lipinski definition) is 8. The topological polar surface area (TPSA) is 122 Å². The number of pyridine rings is 1. The van der Waals surface area contributed by atoms with Crippen molar-refractivity contribution in [3.05, 3.63) is 48.4 Å². The second-order valence-corrected chi connectivity index (χ2v) is 8.03. The van der Waals surface area contributed by atoms with Gasteiger partial charge in [-0.15, -0.1) is 5.10 Å². The molecule has 3 aromatic heterocycles. The molecule has 4 heterocycles. The molecule has 0 radical (unpaired) electrons. The molecule has 1 aliphatic heterocycles. The summed E-state index contributed by atoms with van der Waals surface area (Å²) in [4.78, 5) is 4.28. The predicted molar refractivity (Wildman–Crippen MR) is 120 cm³/mol. The van der Waals surface area contributed by atoms with E-state index in [1.54, 1.807) is 18.5 Å². The van der Waals surface area contributed by atoms with Gasteiger partial charge in [0.25, 0.3) is 0 Å². The second-order valence-electron chi connectivity index (χ2n) is 8.03. The fourth-order valence-corrected chi connectivity index (χ4v) is 4.12. The highest BCUT2D eigenvalue weighted by molar-refractivity contribution is 5.76. The first kappa shape index (κ1) is 21.9. The molecule has 4 aromatic rings. The summed E-state index contributed by atoms with van der Waals surface area (Å²) in [7, 11) is 1.26. The van der Waals surface area contributed by atoms with Gasteiger partial charge in [-0.25, -0.2) is 9.37 Å². The minimum Gasteiger partial charge on any atom is -0.494 e. The normalized spacial score (nSPS) is 16.4. The van der Waals surface area contributed by atoms with Crippen LogP contribution in [0.1, 0.15) is 25.3 Å². The summed E-state index contributed by atoms with van der Waals surface area (Å²) < 4.78 is 36.9. The highest BCUT2D eigenvalue weighted by atomic mass is 19.2. The average molecular weight is 467 g/mol. The highest BCUT2D eigenvalue weighted by Gasteiger charge is 2.22. The molecule has 0 bridgehead atoms. The van der Waals surface area contributed by atoms with Crippen LogP contribution in [0.15, 0.2) is 36.8 Å². The van der Waals surface area contributed by atoms with Crippen molar-refractivity contribution in [1.29, 1.82) is 0 Å². The molecule has 1 aromatic carbocycles. The molecule has 1 atom stereocenters. The first-order valence-corrected chi connectivity index (χ1v) is 10.9. The van der Waals surface area contributed by atoms with Crippen molar-refractivity contribution in [2.24, 2.45) is 0 Å². The van der Waals surface area contributed by atoms with Gasteiger partial charge in [-0.2, -0.15) is 14.2 Å². The molecule has 12 heteroatoms. The minimum absolute atomic E-state index is 0.123. The van der Waals surface area contributed by atoms with E-state index in [9.17, 15) is 8.78 Å². The fourth-order valence-electron chi connectivity index (χ4n) is 4.12. The van der Waals surface area contributed by atoms with Crippen LogP contribution in [0.25, 0.3) is 28.2 Å². The van der Waals surface area contributed by atoms with Crippen LogP contribution in [0.4, 0.5) is 14.6 Å². The van der Waals surface area contributed by atoms with Crippen LogP contribution in [-0.2, 0) is 0 Å². The van der Waals surface area contributed by atoms with E-state index < -0.39 is 11.6 Å². The van der Waals surface area contributed by atoms with E-state index in [1.807, 2.05) is 10.9 Å². The Balaban J connectivity index is 1.51. The lowest BCUT2D eigenvalue weighted by Crippen LogP contribution is -2.15. The van der Waals surface area contributed by atoms with Crippen molar-refractivity contribution in [3.8, 4) is 34.0 Å². The number of halogens is 2. The lowest BCUT2D eigenvalue weighted by atomic mass is 10.1. The molecule has 3 N–H and O–H groups in total. The summed E-state index contributed by atoms with van der Waals surface area (Å²) in [6.45, 7) is 1.97. The number of ether oxygens (including phenoxy) is 1. The van der Waals surface area contributed by atoms with Gasteiger partial charge in [0.2, 0.25) is 5.82 Å². The number of methoxy groups -OCH3 is 1. The van der Waals surface area contributed by atoms with E-state index in [0.717, 1.165) is 48.2 Å². The number of anilines is 1. The fraction of sp³-hybridized carbons (Fsp3) is 0.318. The van der Waals surface area contributed by atoms with Crippen LogP contribution in [-0.4, -0.2) is 55.2 Å². The maximum atomic E-state index is 14.7. The summed E-state index contributed by atoms with van der Waals surface area (Å²) in [5.41, 5.74) is 7.92. The molecule has 10 nitrogen and oxygen atoms in total. The maximum absolute atomic E-state index is 14.7. The number of nitrogen functional groups attached to an aromatic ring is 1. The van der Waals surface area contributed by atoms with Crippen LogP contribution < -0.4 is 15.8 Å². The standard InChI is InChI=1S/C22H23F2N9O/c1-34-18-5-4-17(19(23)20(18)24)33-22(29-30-31-33)16-9-13(10-27-21(16)25)14-11-28-32(12-14)15-3-2-7-26-8-6-15/h4-5,9-12,15,26H,2-3,6-8H2,1H3,(H2,25,27). The number of benzene rings is 1. The summed E-state index contributed by atoms with van der Waals surface area (Å²) in [5, 5.41) is 19.4. The maximum Gasteiger partial charge on any atom is 0.202 e. The molecule has 1 unspecified atom stereocenters. The van der Waals surface area contributed by atoms with Gasteiger partial charge < -0.3 is 15.8 Å². The first-order valence-electron chi connectivity index (χ1n) is 10.9. The quantitative estimate of drug-likeness (QED) is 0.460. The Hall–Kier alpha value is -3.93. The van der Waals surface area contributed by atoms with Gasteiger partial charge in [0.1, 0.15) is 11.5 Å². The van der Waals surface area contributed by atoms with Crippen molar-refractivity contribution in [2.75, 3.05) is 25.9 Å². The van der Waals surface area contributed by atoms with Gasteiger partial charge in [0, 0.05) is 23.5 Å².